The van der Waals surface area contributed by atoms with Gasteiger partial charge in [-0.15, -0.1) is 0 Å². The molecule has 2 rings (SSSR count). The van der Waals surface area contributed by atoms with E-state index in [1.165, 1.54) is 7.11 Å². The lowest BCUT2D eigenvalue weighted by atomic mass is 10.1. The second-order valence-corrected chi connectivity index (χ2v) is 4.00. The predicted molar refractivity (Wildman–Crippen MR) is 61.1 cm³/mol. The number of aromatic nitrogens is 2. The number of aliphatic hydroxyl groups excluding tert-OH is 1. The van der Waals surface area contributed by atoms with Crippen molar-refractivity contribution in [1.82, 2.24) is 15.3 Å². The Morgan fingerprint density at radius 1 is 1.41 bits per heavy atom. The standard InChI is InChI=1S/C11H17N3O3/c1-16-10-8(5-12-11(14-10)17-2)9-4-3-7(6-15)13-9/h5,7,9,13,15H,3-4,6H2,1-2H3/t7-,9+/m0/s1. The van der Waals surface area contributed by atoms with Crippen LogP contribution >= 0.6 is 0 Å². The lowest BCUT2D eigenvalue weighted by Gasteiger charge is -2.15. The van der Waals surface area contributed by atoms with Crippen LogP contribution in [-0.4, -0.2) is 41.9 Å². The van der Waals surface area contributed by atoms with Crippen LogP contribution in [0.1, 0.15) is 24.4 Å². The van der Waals surface area contributed by atoms with Crippen molar-refractivity contribution in [3.05, 3.63) is 11.8 Å². The summed E-state index contributed by atoms with van der Waals surface area (Å²) in [6, 6.07) is 0.571. The number of nitrogens with one attached hydrogen (secondary N) is 1. The maximum Gasteiger partial charge on any atom is 0.319 e. The zero-order valence-electron chi connectivity index (χ0n) is 10.0. The zero-order chi connectivity index (χ0) is 12.3. The molecule has 0 saturated carbocycles. The van der Waals surface area contributed by atoms with E-state index in [-0.39, 0.29) is 18.7 Å². The second-order valence-electron chi connectivity index (χ2n) is 4.00. The van der Waals surface area contributed by atoms with Gasteiger partial charge in [0.25, 0.3) is 0 Å². The summed E-state index contributed by atoms with van der Waals surface area (Å²) in [7, 11) is 3.09. The van der Waals surface area contributed by atoms with Crippen LogP contribution in [0.2, 0.25) is 0 Å². The van der Waals surface area contributed by atoms with Crippen molar-refractivity contribution in [3.63, 3.8) is 0 Å². The Balaban J connectivity index is 2.20. The summed E-state index contributed by atoms with van der Waals surface area (Å²) in [6.07, 6.45) is 3.59. The highest BCUT2D eigenvalue weighted by molar-refractivity contribution is 5.29. The SMILES string of the molecule is COc1ncc([C@H]2CC[C@@H](CO)N2)c(OC)n1. The van der Waals surface area contributed by atoms with Gasteiger partial charge in [-0.1, -0.05) is 0 Å². The lowest BCUT2D eigenvalue weighted by molar-refractivity contribution is 0.251. The summed E-state index contributed by atoms with van der Waals surface area (Å²) in [6.45, 7) is 0.149. The third-order valence-corrected chi connectivity index (χ3v) is 2.97. The van der Waals surface area contributed by atoms with Gasteiger partial charge < -0.3 is 19.9 Å². The smallest absolute Gasteiger partial charge is 0.319 e. The molecule has 0 aromatic carbocycles. The van der Waals surface area contributed by atoms with Crippen LogP contribution in [0.15, 0.2) is 6.20 Å². The van der Waals surface area contributed by atoms with Crippen molar-refractivity contribution in [2.45, 2.75) is 24.9 Å². The normalized spacial score (nSPS) is 23.7. The molecule has 2 heterocycles. The van der Waals surface area contributed by atoms with Gasteiger partial charge in [-0.2, -0.15) is 4.98 Å². The maximum atomic E-state index is 9.09. The number of nitrogens with zero attached hydrogens (tertiary/aromatic N) is 2. The van der Waals surface area contributed by atoms with Gasteiger partial charge in [0.05, 0.1) is 20.8 Å². The Morgan fingerprint density at radius 3 is 2.82 bits per heavy atom. The van der Waals surface area contributed by atoms with E-state index in [0.29, 0.717) is 11.9 Å². The van der Waals surface area contributed by atoms with E-state index in [4.69, 9.17) is 14.6 Å². The number of ether oxygens (including phenoxy) is 2. The van der Waals surface area contributed by atoms with Crippen molar-refractivity contribution in [2.75, 3.05) is 20.8 Å². The molecule has 6 heteroatoms. The molecule has 0 aliphatic carbocycles. The molecule has 17 heavy (non-hydrogen) atoms. The molecule has 1 saturated heterocycles. The van der Waals surface area contributed by atoms with Gasteiger partial charge in [-0.25, -0.2) is 4.98 Å². The van der Waals surface area contributed by atoms with Crippen LogP contribution in [0.25, 0.3) is 0 Å². The molecule has 0 bridgehead atoms. The van der Waals surface area contributed by atoms with Crippen molar-refractivity contribution < 1.29 is 14.6 Å². The van der Waals surface area contributed by atoms with Crippen LogP contribution in [0.4, 0.5) is 0 Å². The predicted octanol–water partition coefficient (Wildman–Crippen LogP) is 0.279. The molecule has 6 nitrogen and oxygen atoms in total. The third kappa shape index (κ3) is 2.48. The highest BCUT2D eigenvalue weighted by atomic mass is 16.5. The molecular formula is C11H17N3O3. The first kappa shape index (κ1) is 12.1. The minimum Gasteiger partial charge on any atom is -0.481 e. The average Bonchev–Trinajstić information content (AvgIpc) is 2.86. The Morgan fingerprint density at radius 2 is 2.24 bits per heavy atom. The highest BCUT2D eigenvalue weighted by Gasteiger charge is 2.27. The van der Waals surface area contributed by atoms with Gasteiger partial charge in [0.1, 0.15) is 0 Å². The summed E-state index contributed by atoms with van der Waals surface area (Å²) < 4.78 is 10.2. The number of methoxy groups -OCH3 is 2. The molecule has 1 aliphatic heterocycles. The van der Waals surface area contributed by atoms with Gasteiger partial charge in [0.15, 0.2) is 0 Å². The van der Waals surface area contributed by atoms with Crippen molar-refractivity contribution in [2.24, 2.45) is 0 Å². The van der Waals surface area contributed by atoms with E-state index in [2.05, 4.69) is 15.3 Å². The first-order chi connectivity index (χ1) is 8.28. The summed E-state index contributed by atoms with van der Waals surface area (Å²) in [5.74, 6) is 0.521. The zero-order valence-corrected chi connectivity index (χ0v) is 10.0. The number of rotatable bonds is 4. The Bertz CT molecular complexity index is 386. The number of hydrogen-bond acceptors (Lipinski definition) is 6. The van der Waals surface area contributed by atoms with Crippen molar-refractivity contribution in [3.8, 4) is 11.9 Å². The van der Waals surface area contributed by atoms with E-state index >= 15 is 0 Å². The average molecular weight is 239 g/mol. The molecule has 0 unspecified atom stereocenters. The van der Waals surface area contributed by atoms with Crippen molar-refractivity contribution >= 4 is 0 Å². The van der Waals surface area contributed by atoms with Gasteiger partial charge >= 0.3 is 6.01 Å². The van der Waals surface area contributed by atoms with Crippen LogP contribution < -0.4 is 14.8 Å². The third-order valence-electron chi connectivity index (χ3n) is 2.97. The van der Waals surface area contributed by atoms with Gasteiger partial charge in [0, 0.05) is 23.8 Å². The Hall–Kier alpha value is -1.40. The Labute approximate surface area is 100.0 Å². The summed E-state index contributed by atoms with van der Waals surface area (Å²) in [4.78, 5) is 8.23. The summed E-state index contributed by atoms with van der Waals surface area (Å²) in [5.41, 5.74) is 0.907. The lowest BCUT2D eigenvalue weighted by Crippen LogP contribution is -2.27. The van der Waals surface area contributed by atoms with E-state index < -0.39 is 0 Å². The van der Waals surface area contributed by atoms with E-state index in [1.54, 1.807) is 13.3 Å². The molecule has 1 aromatic rings. The van der Waals surface area contributed by atoms with Gasteiger partial charge in [-0.3, -0.25) is 0 Å². The molecule has 1 aromatic heterocycles. The van der Waals surface area contributed by atoms with Crippen LogP contribution in [0.5, 0.6) is 11.9 Å². The van der Waals surface area contributed by atoms with Crippen molar-refractivity contribution in [1.29, 1.82) is 0 Å². The summed E-state index contributed by atoms with van der Waals surface area (Å²) in [5, 5.41) is 12.4. The number of aliphatic hydroxyl groups is 1. The fourth-order valence-corrected chi connectivity index (χ4v) is 2.07. The quantitative estimate of drug-likeness (QED) is 0.786. The second kappa shape index (κ2) is 5.29. The fourth-order valence-electron chi connectivity index (χ4n) is 2.07. The molecule has 0 amide bonds. The first-order valence-corrected chi connectivity index (χ1v) is 5.60. The van der Waals surface area contributed by atoms with Gasteiger partial charge in [-0.05, 0) is 12.8 Å². The molecule has 2 atom stereocenters. The van der Waals surface area contributed by atoms with E-state index in [9.17, 15) is 0 Å². The fraction of sp³-hybridized carbons (Fsp3) is 0.636. The molecule has 94 valence electrons. The minimum atomic E-state index is 0.132. The van der Waals surface area contributed by atoms with E-state index in [0.717, 1.165) is 18.4 Å². The topological polar surface area (TPSA) is 76.5 Å². The highest BCUT2D eigenvalue weighted by Crippen LogP contribution is 2.31. The Kier molecular flexibility index (Phi) is 3.75. The molecular weight excluding hydrogens is 222 g/mol. The monoisotopic (exact) mass is 239 g/mol. The maximum absolute atomic E-state index is 9.09. The minimum absolute atomic E-state index is 0.132. The number of hydrogen-bond donors (Lipinski definition) is 2. The van der Waals surface area contributed by atoms with Crippen LogP contribution in [-0.2, 0) is 0 Å². The van der Waals surface area contributed by atoms with Crippen LogP contribution in [0.3, 0.4) is 0 Å². The van der Waals surface area contributed by atoms with E-state index in [1.807, 2.05) is 0 Å². The molecule has 1 fully saturated rings. The molecule has 0 radical (unpaired) electrons. The summed E-state index contributed by atoms with van der Waals surface area (Å²) >= 11 is 0. The first-order valence-electron chi connectivity index (χ1n) is 5.60. The van der Waals surface area contributed by atoms with Crippen LogP contribution in [0, 0.1) is 0 Å². The molecule has 0 spiro atoms. The van der Waals surface area contributed by atoms with Gasteiger partial charge in [0.2, 0.25) is 5.88 Å². The largest absolute Gasteiger partial charge is 0.481 e. The molecule has 1 aliphatic rings. The molecule has 2 N–H and O–H groups in total.